The van der Waals surface area contributed by atoms with Gasteiger partial charge in [0.15, 0.2) is 5.17 Å². The molecule has 1 aromatic rings. The fourth-order valence-electron chi connectivity index (χ4n) is 0.959. The van der Waals surface area contributed by atoms with Crippen LogP contribution >= 0.6 is 11.8 Å². The SMILES string of the molecule is N#Cc1cc(F)cc(CSC(=N)N)c1. The third-order valence-electron chi connectivity index (χ3n) is 1.48. The highest BCUT2D eigenvalue weighted by atomic mass is 32.2. The maximum Gasteiger partial charge on any atom is 0.151 e. The van der Waals surface area contributed by atoms with Crippen molar-refractivity contribution >= 4 is 16.9 Å². The summed E-state index contributed by atoms with van der Waals surface area (Å²) in [6.45, 7) is 0. The van der Waals surface area contributed by atoms with Crippen LogP contribution in [0.25, 0.3) is 0 Å². The number of halogens is 1. The molecule has 72 valence electrons. The number of nitriles is 1. The van der Waals surface area contributed by atoms with Gasteiger partial charge in [0.2, 0.25) is 0 Å². The molecule has 0 spiro atoms. The molecule has 0 saturated heterocycles. The molecule has 3 N–H and O–H groups in total. The second-order valence-electron chi connectivity index (χ2n) is 2.61. The first-order chi connectivity index (χ1) is 6.61. The van der Waals surface area contributed by atoms with E-state index in [0.717, 1.165) is 11.8 Å². The Balaban J connectivity index is 2.82. The highest BCUT2D eigenvalue weighted by Crippen LogP contribution is 2.14. The normalized spacial score (nSPS) is 9.43. The Bertz CT molecular complexity index is 398. The molecule has 0 unspecified atom stereocenters. The van der Waals surface area contributed by atoms with Gasteiger partial charge in [-0.25, -0.2) is 4.39 Å². The average Bonchev–Trinajstić information content (AvgIpc) is 2.14. The second-order valence-corrected chi connectivity index (χ2v) is 3.63. The second kappa shape index (κ2) is 4.63. The zero-order chi connectivity index (χ0) is 10.6. The van der Waals surface area contributed by atoms with Crippen LogP contribution in [0.1, 0.15) is 11.1 Å². The number of thioether (sulfide) groups is 1. The van der Waals surface area contributed by atoms with Crippen LogP contribution in [0, 0.1) is 22.6 Å². The number of rotatable bonds is 2. The summed E-state index contributed by atoms with van der Waals surface area (Å²) in [5.74, 6) is -0.0369. The predicted octanol–water partition coefficient (Wildman–Crippen LogP) is 1.82. The van der Waals surface area contributed by atoms with E-state index in [2.05, 4.69) is 0 Å². The molecule has 1 aromatic carbocycles. The van der Waals surface area contributed by atoms with Crippen molar-refractivity contribution in [2.75, 3.05) is 0 Å². The summed E-state index contributed by atoms with van der Waals surface area (Å²) >= 11 is 1.10. The minimum Gasteiger partial charge on any atom is -0.379 e. The van der Waals surface area contributed by atoms with E-state index in [0.29, 0.717) is 11.3 Å². The van der Waals surface area contributed by atoms with Gasteiger partial charge in [-0.15, -0.1) is 0 Å². The van der Waals surface area contributed by atoms with Gasteiger partial charge in [-0.3, -0.25) is 5.41 Å². The average molecular weight is 209 g/mol. The lowest BCUT2D eigenvalue weighted by Crippen LogP contribution is -2.03. The van der Waals surface area contributed by atoms with Gasteiger partial charge in [-0.2, -0.15) is 5.26 Å². The van der Waals surface area contributed by atoms with E-state index in [1.807, 2.05) is 6.07 Å². The Kier molecular flexibility index (Phi) is 3.48. The van der Waals surface area contributed by atoms with Crippen molar-refractivity contribution in [1.29, 1.82) is 10.7 Å². The fourth-order valence-corrected chi connectivity index (χ4v) is 1.45. The Morgan fingerprint density at radius 2 is 2.29 bits per heavy atom. The zero-order valence-electron chi connectivity index (χ0n) is 7.25. The van der Waals surface area contributed by atoms with Crippen LogP contribution in [0.4, 0.5) is 4.39 Å². The lowest BCUT2D eigenvalue weighted by molar-refractivity contribution is 0.626. The van der Waals surface area contributed by atoms with Crippen molar-refractivity contribution < 1.29 is 4.39 Å². The van der Waals surface area contributed by atoms with E-state index in [4.69, 9.17) is 16.4 Å². The van der Waals surface area contributed by atoms with Gasteiger partial charge >= 0.3 is 0 Å². The molecule has 0 heterocycles. The van der Waals surface area contributed by atoms with Gasteiger partial charge in [-0.05, 0) is 23.8 Å². The van der Waals surface area contributed by atoms with Crippen molar-refractivity contribution in [2.45, 2.75) is 5.75 Å². The minimum atomic E-state index is -0.441. The first-order valence-corrected chi connectivity index (χ1v) is 4.77. The Morgan fingerprint density at radius 1 is 1.57 bits per heavy atom. The lowest BCUT2D eigenvalue weighted by atomic mass is 10.1. The Labute approximate surface area is 85.2 Å². The summed E-state index contributed by atoms with van der Waals surface area (Å²) in [5.41, 5.74) is 6.07. The van der Waals surface area contributed by atoms with Crippen LogP contribution in [0.3, 0.4) is 0 Å². The van der Waals surface area contributed by atoms with E-state index in [1.54, 1.807) is 6.07 Å². The van der Waals surface area contributed by atoms with Gasteiger partial charge in [0.1, 0.15) is 5.82 Å². The largest absolute Gasteiger partial charge is 0.379 e. The van der Waals surface area contributed by atoms with Crippen molar-refractivity contribution in [3.63, 3.8) is 0 Å². The van der Waals surface area contributed by atoms with Crippen LogP contribution in [-0.4, -0.2) is 5.17 Å². The maximum atomic E-state index is 12.9. The smallest absolute Gasteiger partial charge is 0.151 e. The van der Waals surface area contributed by atoms with Gasteiger partial charge in [-0.1, -0.05) is 11.8 Å². The first-order valence-electron chi connectivity index (χ1n) is 3.78. The monoisotopic (exact) mass is 209 g/mol. The summed E-state index contributed by atoms with van der Waals surface area (Å²) in [4.78, 5) is 0. The van der Waals surface area contributed by atoms with E-state index >= 15 is 0 Å². The molecule has 0 amide bonds. The molecule has 0 saturated carbocycles. The third kappa shape index (κ3) is 3.07. The van der Waals surface area contributed by atoms with E-state index < -0.39 is 5.82 Å². The summed E-state index contributed by atoms with van der Waals surface area (Å²) in [7, 11) is 0. The van der Waals surface area contributed by atoms with Crippen LogP contribution < -0.4 is 5.73 Å². The number of nitrogens with two attached hydrogens (primary N) is 1. The van der Waals surface area contributed by atoms with Crippen LogP contribution in [0.15, 0.2) is 18.2 Å². The molecular weight excluding hydrogens is 201 g/mol. The van der Waals surface area contributed by atoms with Crippen LogP contribution in [0.5, 0.6) is 0 Å². The first kappa shape index (κ1) is 10.5. The third-order valence-corrected chi connectivity index (χ3v) is 2.27. The molecule has 0 atom stereocenters. The molecule has 0 aliphatic carbocycles. The van der Waals surface area contributed by atoms with Gasteiger partial charge < -0.3 is 5.73 Å². The maximum absolute atomic E-state index is 12.9. The van der Waals surface area contributed by atoms with E-state index in [1.165, 1.54) is 12.1 Å². The lowest BCUT2D eigenvalue weighted by Gasteiger charge is -2.00. The number of nitrogens with zero attached hydrogens (tertiary/aromatic N) is 1. The molecule has 0 aromatic heterocycles. The minimum absolute atomic E-state index is 0.0206. The molecule has 0 radical (unpaired) electrons. The summed E-state index contributed by atoms with van der Waals surface area (Å²) < 4.78 is 12.9. The van der Waals surface area contributed by atoms with Crippen molar-refractivity contribution in [3.8, 4) is 6.07 Å². The molecule has 0 bridgehead atoms. The van der Waals surface area contributed by atoms with Gasteiger partial charge in [0.05, 0.1) is 11.6 Å². The molecule has 0 fully saturated rings. The highest BCUT2D eigenvalue weighted by Gasteiger charge is 2.01. The molecular formula is C9H8FN3S. The summed E-state index contributed by atoms with van der Waals surface area (Å²) in [6.07, 6.45) is 0. The van der Waals surface area contributed by atoms with Crippen LogP contribution in [-0.2, 0) is 5.75 Å². The van der Waals surface area contributed by atoms with Gasteiger partial charge in [0, 0.05) is 5.75 Å². The molecule has 0 aliphatic heterocycles. The van der Waals surface area contributed by atoms with Gasteiger partial charge in [0.25, 0.3) is 0 Å². The topological polar surface area (TPSA) is 73.7 Å². The van der Waals surface area contributed by atoms with E-state index in [9.17, 15) is 4.39 Å². The molecule has 3 nitrogen and oxygen atoms in total. The Morgan fingerprint density at radius 3 is 2.86 bits per heavy atom. The molecule has 5 heteroatoms. The predicted molar refractivity (Wildman–Crippen MR) is 54.3 cm³/mol. The summed E-state index contributed by atoms with van der Waals surface area (Å²) in [5, 5.41) is 15.5. The Hall–Kier alpha value is -1.54. The van der Waals surface area contributed by atoms with Crippen molar-refractivity contribution in [1.82, 2.24) is 0 Å². The number of hydrogen-bond acceptors (Lipinski definition) is 3. The molecule has 14 heavy (non-hydrogen) atoms. The van der Waals surface area contributed by atoms with Crippen molar-refractivity contribution in [3.05, 3.63) is 35.1 Å². The highest BCUT2D eigenvalue weighted by molar-refractivity contribution is 8.13. The number of nitrogens with one attached hydrogen (secondary N) is 1. The van der Waals surface area contributed by atoms with Crippen LogP contribution in [0.2, 0.25) is 0 Å². The number of hydrogen-bond donors (Lipinski definition) is 2. The molecule has 1 rings (SSSR count). The zero-order valence-corrected chi connectivity index (χ0v) is 8.07. The number of amidine groups is 1. The number of benzene rings is 1. The summed E-state index contributed by atoms with van der Waals surface area (Å²) in [6, 6.07) is 5.94. The van der Waals surface area contributed by atoms with Crippen molar-refractivity contribution in [2.24, 2.45) is 5.73 Å². The molecule has 0 aliphatic rings. The quantitative estimate of drug-likeness (QED) is 0.576. The fraction of sp³-hybridized carbons (Fsp3) is 0.111. The van der Waals surface area contributed by atoms with E-state index in [-0.39, 0.29) is 10.7 Å². The standard InChI is InChI=1S/C9H8FN3S/c10-8-2-6(4-11)1-7(3-8)5-14-9(12)13/h1-3H,5H2,(H3,12,13).